The van der Waals surface area contributed by atoms with E-state index >= 15 is 0 Å². The third-order valence-corrected chi connectivity index (χ3v) is 5.91. The van der Waals surface area contributed by atoms with Crippen LogP contribution in [0.3, 0.4) is 0 Å². The Morgan fingerprint density at radius 1 is 1.21 bits per heavy atom. The largest absolute Gasteiger partial charge is 0.331 e. The molecule has 0 bridgehead atoms. The van der Waals surface area contributed by atoms with Crippen molar-refractivity contribution >= 4 is 11.6 Å². The molecule has 3 heterocycles. The van der Waals surface area contributed by atoms with Gasteiger partial charge in [-0.1, -0.05) is 29.8 Å². The highest BCUT2D eigenvalue weighted by atomic mass is 19.3. The molecule has 1 aliphatic carbocycles. The van der Waals surface area contributed by atoms with Crippen molar-refractivity contribution in [3.05, 3.63) is 64.6 Å². The van der Waals surface area contributed by atoms with E-state index in [-0.39, 0.29) is 29.2 Å². The number of amides is 1. The summed E-state index contributed by atoms with van der Waals surface area (Å²) in [6.45, 7) is 2.67. The van der Waals surface area contributed by atoms with E-state index in [1.54, 1.807) is 0 Å². The lowest BCUT2D eigenvalue weighted by atomic mass is 10.0. The molecule has 2 aromatic heterocycles. The number of alkyl halides is 2. The molecule has 1 saturated heterocycles. The number of carbonyl (C=O) groups excluding carboxylic acids is 1. The molecule has 1 atom stereocenters. The molecule has 1 aliphatic heterocycles. The Labute approximate surface area is 167 Å². The maximum atomic E-state index is 13.6. The van der Waals surface area contributed by atoms with Gasteiger partial charge in [-0.05, 0) is 44.2 Å². The second kappa shape index (κ2) is 6.90. The first-order valence-electron chi connectivity index (χ1n) is 10.1. The van der Waals surface area contributed by atoms with Gasteiger partial charge in [0.25, 0.3) is 12.3 Å². The first kappa shape index (κ1) is 18.2. The summed E-state index contributed by atoms with van der Waals surface area (Å²) in [5.74, 6) is 0.0202. The number of likely N-dealkylation sites (tertiary alicyclic amines) is 1. The summed E-state index contributed by atoms with van der Waals surface area (Å²) in [5, 5.41) is 4.09. The highest BCUT2D eigenvalue weighted by molar-refractivity contribution is 6.00. The maximum absolute atomic E-state index is 13.6. The smallest absolute Gasteiger partial charge is 0.280 e. The minimum absolute atomic E-state index is 0.0152. The second-order valence-corrected chi connectivity index (χ2v) is 8.05. The molecular weight excluding hydrogens is 374 g/mol. The predicted octanol–water partition coefficient (Wildman–Crippen LogP) is 4.83. The van der Waals surface area contributed by atoms with Crippen molar-refractivity contribution in [3.63, 3.8) is 0 Å². The van der Waals surface area contributed by atoms with E-state index in [9.17, 15) is 13.6 Å². The summed E-state index contributed by atoms with van der Waals surface area (Å²) in [5.41, 5.74) is 3.23. The van der Waals surface area contributed by atoms with Crippen LogP contribution in [0, 0.1) is 6.92 Å². The van der Waals surface area contributed by atoms with Crippen LogP contribution in [0.15, 0.2) is 36.5 Å². The van der Waals surface area contributed by atoms with Gasteiger partial charge in [0.1, 0.15) is 11.3 Å². The Balaban J connectivity index is 1.55. The van der Waals surface area contributed by atoms with Crippen LogP contribution in [0.5, 0.6) is 0 Å². The van der Waals surface area contributed by atoms with Gasteiger partial charge in [0.05, 0.1) is 12.2 Å². The zero-order valence-corrected chi connectivity index (χ0v) is 16.2. The van der Waals surface area contributed by atoms with E-state index in [1.165, 1.54) is 12.3 Å². The average Bonchev–Trinajstić information content (AvgIpc) is 3.28. The fourth-order valence-electron chi connectivity index (χ4n) is 4.29. The van der Waals surface area contributed by atoms with Crippen LogP contribution in [0.1, 0.15) is 76.9 Å². The molecule has 2 fully saturated rings. The summed E-state index contributed by atoms with van der Waals surface area (Å²) in [4.78, 5) is 19.8. The van der Waals surface area contributed by atoms with Crippen LogP contribution < -0.4 is 0 Å². The van der Waals surface area contributed by atoms with E-state index < -0.39 is 6.43 Å². The van der Waals surface area contributed by atoms with Gasteiger partial charge in [-0.25, -0.2) is 18.3 Å². The van der Waals surface area contributed by atoms with Crippen LogP contribution in [-0.4, -0.2) is 31.9 Å². The van der Waals surface area contributed by atoms with Gasteiger partial charge in [0, 0.05) is 18.2 Å². The Kier molecular flexibility index (Phi) is 4.33. The first-order valence-corrected chi connectivity index (χ1v) is 10.1. The molecule has 1 amide bonds. The third kappa shape index (κ3) is 3.18. The third-order valence-electron chi connectivity index (χ3n) is 5.91. The van der Waals surface area contributed by atoms with E-state index in [0.717, 1.165) is 41.3 Å². The van der Waals surface area contributed by atoms with Crippen molar-refractivity contribution < 1.29 is 13.6 Å². The molecule has 2 aliphatic rings. The molecule has 29 heavy (non-hydrogen) atoms. The highest BCUT2D eigenvalue weighted by Crippen LogP contribution is 2.40. The van der Waals surface area contributed by atoms with Gasteiger partial charge in [-0.15, -0.1) is 0 Å². The molecule has 1 aromatic carbocycles. The van der Waals surface area contributed by atoms with Gasteiger partial charge in [-0.2, -0.15) is 5.10 Å². The van der Waals surface area contributed by atoms with Crippen LogP contribution in [-0.2, 0) is 0 Å². The Morgan fingerprint density at radius 3 is 2.76 bits per heavy atom. The van der Waals surface area contributed by atoms with E-state index in [2.05, 4.69) is 16.1 Å². The summed E-state index contributed by atoms with van der Waals surface area (Å²) in [6, 6.07) is 9.59. The molecule has 0 spiro atoms. The number of fused-ring (bicyclic) bond motifs is 1. The second-order valence-electron chi connectivity index (χ2n) is 8.05. The Morgan fingerprint density at radius 2 is 2.03 bits per heavy atom. The number of hydrogen-bond donors (Lipinski definition) is 0. The summed E-state index contributed by atoms with van der Waals surface area (Å²) >= 11 is 0. The molecule has 1 saturated carbocycles. The molecule has 5 nitrogen and oxygen atoms in total. The molecule has 5 rings (SSSR count). The number of carbonyl (C=O) groups is 1. The zero-order valence-electron chi connectivity index (χ0n) is 16.2. The van der Waals surface area contributed by atoms with Gasteiger partial charge < -0.3 is 4.90 Å². The standard InChI is InChI=1S/C22H22F2N4O/c1-13-4-2-5-15(10-13)18-6-3-9-27(18)22(29)16-12-25-28-19(20(23)24)11-17(14-7-8-14)26-21(16)28/h2,4-5,10-12,14,18,20H,3,6-9H2,1H3. The SMILES string of the molecule is Cc1cccc(C2CCCN2C(=O)c2cnn3c(C(F)F)cc(C4CC4)nc23)c1. The number of nitrogens with zero attached hydrogens (tertiary/aromatic N) is 4. The van der Waals surface area contributed by atoms with E-state index in [1.807, 2.05) is 30.0 Å². The minimum Gasteiger partial charge on any atom is -0.331 e. The van der Waals surface area contributed by atoms with Gasteiger partial charge in [-0.3, -0.25) is 4.79 Å². The average molecular weight is 396 g/mol. The molecule has 7 heteroatoms. The zero-order chi connectivity index (χ0) is 20.1. The molecular formula is C22H22F2N4O. The summed E-state index contributed by atoms with van der Waals surface area (Å²) < 4.78 is 28.3. The topological polar surface area (TPSA) is 50.5 Å². The Bertz CT molecular complexity index is 1090. The number of rotatable bonds is 4. The van der Waals surface area contributed by atoms with Crippen LogP contribution in [0.2, 0.25) is 0 Å². The van der Waals surface area contributed by atoms with Crippen LogP contribution in [0.4, 0.5) is 8.78 Å². The number of aryl methyl sites for hydroxylation is 1. The molecule has 0 radical (unpaired) electrons. The lowest BCUT2D eigenvalue weighted by Gasteiger charge is -2.25. The fourth-order valence-corrected chi connectivity index (χ4v) is 4.29. The molecule has 0 N–H and O–H groups in total. The van der Waals surface area contributed by atoms with Gasteiger partial charge >= 0.3 is 0 Å². The van der Waals surface area contributed by atoms with E-state index in [0.29, 0.717) is 17.8 Å². The van der Waals surface area contributed by atoms with Crippen molar-refractivity contribution in [1.29, 1.82) is 0 Å². The number of benzene rings is 1. The molecule has 1 unspecified atom stereocenters. The normalized spacial score (nSPS) is 19.4. The van der Waals surface area contributed by atoms with Crippen molar-refractivity contribution in [2.24, 2.45) is 0 Å². The van der Waals surface area contributed by atoms with Crippen molar-refractivity contribution in [2.75, 3.05) is 6.54 Å². The van der Waals surface area contributed by atoms with Gasteiger partial charge in [0.15, 0.2) is 5.65 Å². The van der Waals surface area contributed by atoms with Crippen LogP contribution in [0.25, 0.3) is 5.65 Å². The monoisotopic (exact) mass is 396 g/mol. The van der Waals surface area contributed by atoms with Crippen molar-refractivity contribution in [2.45, 2.75) is 51.0 Å². The number of halogens is 2. The van der Waals surface area contributed by atoms with Crippen molar-refractivity contribution in [1.82, 2.24) is 19.5 Å². The predicted molar refractivity (Wildman–Crippen MR) is 104 cm³/mol. The van der Waals surface area contributed by atoms with Crippen molar-refractivity contribution in [3.8, 4) is 0 Å². The fraction of sp³-hybridized carbons (Fsp3) is 0.409. The van der Waals surface area contributed by atoms with Gasteiger partial charge in [0.2, 0.25) is 0 Å². The lowest BCUT2D eigenvalue weighted by molar-refractivity contribution is 0.0737. The van der Waals surface area contributed by atoms with Crippen LogP contribution >= 0.6 is 0 Å². The lowest BCUT2D eigenvalue weighted by Crippen LogP contribution is -2.30. The van der Waals surface area contributed by atoms with E-state index in [4.69, 9.17) is 0 Å². The first-order chi connectivity index (χ1) is 14.0. The minimum atomic E-state index is -2.67. The summed E-state index contributed by atoms with van der Waals surface area (Å²) in [6.07, 6.45) is 2.41. The Hall–Kier alpha value is -2.83. The molecule has 150 valence electrons. The molecule has 3 aromatic rings. The maximum Gasteiger partial charge on any atom is 0.280 e. The quantitative estimate of drug-likeness (QED) is 0.635. The number of aromatic nitrogens is 3. The number of hydrogen-bond acceptors (Lipinski definition) is 3. The highest BCUT2D eigenvalue weighted by Gasteiger charge is 2.34. The summed E-state index contributed by atoms with van der Waals surface area (Å²) in [7, 11) is 0.